The summed E-state index contributed by atoms with van der Waals surface area (Å²) in [5.41, 5.74) is 1.03. The summed E-state index contributed by atoms with van der Waals surface area (Å²) in [5.74, 6) is 0.187. The van der Waals surface area contributed by atoms with Gasteiger partial charge in [0.25, 0.3) is 0 Å². The molecule has 3 fully saturated rings. The van der Waals surface area contributed by atoms with E-state index in [0.29, 0.717) is 23.0 Å². The van der Waals surface area contributed by atoms with Gasteiger partial charge in [-0.1, -0.05) is 18.2 Å². The summed E-state index contributed by atoms with van der Waals surface area (Å²) in [4.78, 5) is 33.7. The van der Waals surface area contributed by atoms with Gasteiger partial charge in [0.1, 0.15) is 5.82 Å². The predicted octanol–water partition coefficient (Wildman–Crippen LogP) is 2.89. The van der Waals surface area contributed by atoms with Gasteiger partial charge in [-0.3, -0.25) is 9.69 Å². The number of nitrogens with one attached hydrogen (secondary N) is 1. The predicted molar refractivity (Wildman–Crippen MR) is 119 cm³/mol. The number of carboxylic acid groups (broad SMARTS) is 1. The van der Waals surface area contributed by atoms with Gasteiger partial charge in [-0.2, -0.15) is 0 Å². The smallest absolute Gasteiger partial charge is 0.336 e. The van der Waals surface area contributed by atoms with Gasteiger partial charge < -0.3 is 15.3 Å². The number of carboxylic acids is 1. The molecule has 1 saturated carbocycles. The van der Waals surface area contributed by atoms with E-state index < -0.39 is 5.97 Å². The van der Waals surface area contributed by atoms with Crippen molar-refractivity contribution in [3.05, 3.63) is 35.9 Å². The van der Waals surface area contributed by atoms with Crippen LogP contribution < -0.4 is 10.2 Å². The van der Waals surface area contributed by atoms with Gasteiger partial charge in [0, 0.05) is 37.1 Å². The quantitative estimate of drug-likeness (QED) is 0.771. The van der Waals surface area contributed by atoms with Crippen LogP contribution in [0.1, 0.15) is 48.9 Å². The molecule has 1 aromatic heterocycles. The van der Waals surface area contributed by atoms with Crippen molar-refractivity contribution in [1.29, 1.82) is 0 Å². The van der Waals surface area contributed by atoms with Crippen molar-refractivity contribution in [3.63, 3.8) is 0 Å². The fourth-order valence-electron chi connectivity index (χ4n) is 5.06. The second-order valence-electron chi connectivity index (χ2n) is 9.19. The van der Waals surface area contributed by atoms with Crippen LogP contribution in [0.25, 0.3) is 10.9 Å². The van der Waals surface area contributed by atoms with Crippen LogP contribution in [0.2, 0.25) is 0 Å². The van der Waals surface area contributed by atoms with Gasteiger partial charge in [0.15, 0.2) is 0 Å². The third-order valence-corrected chi connectivity index (χ3v) is 6.99. The molecule has 1 aromatic carbocycles. The monoisotopic (exact) mass is 422 g/mol. The number of fused-ring (bicyclic) bond motifs is 1. The molecular formula is C24H30N4O3. The maximum Gasteiger partial charge on any atom is 0.336 e. The Morgan fingerprint density at radius 2 is 1.81 bits per heavy atom. The van der Waals surface area contributed by atoms with E-state index in [2.05, 4.69) is 15.1 Å². The number of piperidine rings is 2. The number of carbonyl (C=O) groups is 2. The third kappa shape index (κ3) is 4.37. The first-order valence-electron chi connectivity index (χ1n) is 11.5. The second kappa shape index (κ2) is 8.46. The van der Waals surface area contributed by atoms with Gasteiger partial charge in [0.05, 0.1) is 17.0 Å². The summed E-state index contributed by atoms with van der Waals surface area (Å²) in [6, 6.07) is 10.0. The van der Waals surface area contributed by atoms with E-state index >= 15 is 0 Å². The number of likely N-dealkylation sites (tertiary alicyclic amines) is 1. The van der Waals surface area contributed by atoms with Gasteiger partial charge in [0.2, 0.25) is 5.91 Å². The molecule has 0 unspecified atom stereocenters. The fourth-order valence-corrected chi connectivity index (χ4v) is 5.06. The number of hydrogen-bond acceptors (Lipinski definition) is 5. The number of amides is 1. The summed E-state index contributed by atoms with van der Waals surface area (Å²) in [7, 11) is 0. The number of anilines is 1. The highest BCUT2D eigenvalue weighted by atomic mass is 16.4. The van der Waals surface area contributed by atoms with Crippen LogP contribution in [0.5, 0.6) is 0 Å². The van der Waals surface area contributed by atoms with Crippen LogP contribution in [0, 0.1) is 5.92 Å². The minimum atomic E-state index is -0.918. The van der Waals surface area contributed by atoms with Crippen LogP contribution in [-0.4, -0.2) is 65.1 Å². The number of benzene rings is 1. The Bertz CT molecular complexity index is 982. The Balaban J connectivity index is 1.24. The molecular weight excluding hydrogens is 392 g/mol. The number of rotatable bonds is 5. The first-order valence-corrected chi connectivity index (χ1v) is 11.5. The molecule has 3 aliphatic rings. The standard InChI is InChI=1S/C24H30N4O3/c29-23(25-17-7-8-17)16-4-3-11-28(15-16)18-9-12-27(13-10-18)22-14-20(24(30)31)19-5-1-2-6-21(19)26-22/h1-2,5-6,14,16-18H,3-4,7-13,15H2,(H,25,29)(H,30,31)/t16-/m1/s1. The number of nitrogens with zero attached hydrogens (tertiary/aromatic N) is 3. The minimum absolute atomic E-state index is 0.118. The molecule has 0 bridgehead atoms. The summed E-state index contributed by atoms with van der Waals surface area (Å²) in [5, 5.41) is 13.5. The number of para-hydroxylation sites is 1. The normalized spacial score (nSPS) is 23.1. The van der Waals surface area contributed by atoms with Crippen molar-refractivity contribution in [2.24, 2.45) is 5.92 Å². The molecule has 5 rings (SSSR count). The lowest BCUT2D eigenvalue weighted by Gasteiger charge is -2.42. The van der Waals surface area contributed by atoms with Gasteiger partial charge in [-0.25, -0.2) is 9.78 Å². The van der Waals surface area contributed by atoms with Crippen molar-refractivity contribution in [3.8, 4) is 0 Å². The highest BCUT2D eigenvalue weighted by Crippen LogP contribution is 2.29. The highest BCUT2D eigenvalue weighted by molar-refractivity contribution is 6.03. The third-order valence-electron chi connectivity index (χ3n) is 6.99. The molecule has 164 valence electrons. The van der Waals surface area contributed by atoms with Crippen molar-refractivity contribution >= 4 is 28.6 Å². The van der Waals surface area contributed by atoms with Crippen LogP contribution in [0.3, 0.4) is 0 Å². The Labute approximate surface area is 182 Å². The van der Waals surface area contributed by atoms with E-state index in [1.54, 1.807) is 6.07 Å². The average Bonchev–Trinajstić information content (AvgIpc) is 3.62. The zero-order valence-corrected chi connectivity index (χ0v) is 17.8. The maximum atomic E-state index is 12.5. The number of aromatic carboxylic acids is 1. The molecule has 2 aliphatic heterocycles. The topological polar surface area (TPSA) is 85.8 Å². The van der Waals surface area contributed by atoms with Crippen molar-refractivity contribution in [2.75, 3.05) is 31.1 Å². The zero-order valence-electron chi connectivity index (χ0n) is 17.8. The first-order chi connectivity index (χ1) is 15.1. The molecule has 31 heavy (non-hydrogen) atoms. The number of carbonyl (C=O) groups excluding carboxylic acids is 1. The summed E-state index contributed by atoms with van der Waals surface area (Å²) >= 11 is 0. The molecule has 2 aromatic rings. The number of hydrogen-bond donors (Lipinski definition) is 2. The Morgan fingerprint density at radius 1 is 1.03 bits per heavy atom. The lowest BCUT2D eigenvalue weighted by atomic mass is 9.93. The molecule has 0 spiro atoms. The summed E-state index contributed by atoms with van der Waals surface area (Å²) < 4.78 is 0. The van der Waals surface area contributed by atoms with E-state index in [4.69, 9.17) is 4.98 Å². The molecule has 1 amide bonds. The number of pyridine rings is 1. The first kappa shape index (κ1) is 20.2. The molecule has 0 radical (unpaired) electrons. The molecule has 1 aliphatic carbocycles. The molecule has 7 nitrogen and oxygen atoms in total. The van der Waals surface area contributed by atoms with Crippen LogP contribution >= 0.6 is 0 Å². The molecule has 2 N–H and O–H groups in total. The van der Waals surface area contributed by atoms with Crippen LogP contribution in [-0.2, 0) is 4.79 Å². The van der Waals surface area contributed by atoms with Crippen molar-refractivity contribution < 1.29 is 14.7 Å². The van der Waals surface area contributed by atoms with E-state index in [9.17, 15) is 14.7 Å². The second-order valence-corrected chi connectivity index (χ2v) is 9.19. The minimum Gasteiger partial charge on any atom is -0.478 e. The van der Waals surface area contributed by atoms with E-state index in [1.165, 1.54) is 0 Å². The summed E-state index contributed by atoms with van der Waals surface area (Å²) in [6.07, 6.45) is 6.35. The fraction of sp³-hybridized carbons (Fsp3) is 0.542. The lowest BCUT2D eigenvalue weighted by molar-refractivity contribution is -0.127. The number of aromatic nitrogens is 1. The maximum absolute atomic E-state index is 12.5. The largest absolute Gasteiger partial charge is 0.478 e. The highest BCUT2D eigenvalue weighted by Gasteiger charge is 2.34. The lowest BCUT2D eigenvalue weighted by Crippen LogP contribution is -2.51. The Morgan fingerprint density at radius 3 is 2.55 bits per heavy atom. The van der Waals surface area contributed by atoms with Crippen molar-refractivity contribution in [2.45, 2.75) is 50.6 Å². The molecule has 2 saturated heterocycles. The van der Waals surface area contributed by atoms with Gasteiger partial charge >= 0.3 is 5.97 Å². The van der Waals surface area contributed by atoms with E-state index in [0.717, 1.165) is 76.0 Å². The van der Waals surface area contributed by atoms with Crippen LogP contribution in [0.4, 0.5) is 5.82 Å². The van der Waals surface area contributed by atoms with E-state index in [-0.39, 0.29) is 11.8 Å². The van der Waals surface area contributed by atoms with Gasteiger partial charge in [-0.05, 0) is 57.2 Å². The Hall–Kier alpha value is -2.67. The SMILES string of the molecule is O=C(O)c1cc(N2CCC(N3CCC[C@@H](C(=O)NC4CC4)C3)CC2)nc2ccccc12. The van der Waals surface area contributed by atoms with E-state index in [1.807, 2.05) is 24.3 Å². The van der Waals surface area contributed by atoms with Gasteiger partial charge in [-0.15, -0.1) is 0 Å². The summed E-state index contributed by atoms with van der Waals surface area (Å²) in [6.45, 7) is 3.63. The zero-order chi connectivity index (χ0) is 21.4. The Kier molecular flexibility index (Phi) is 5.52. The van der Waals surface area contributed by atoms with Crippen LogP contribution in [0.15, 0.2) is 30.3 Å². The molecule has 7 heteroatoms. The molecule has 3 heterocycles. The molecule has 1 atom stereocenters. The van der Waals surface area contributed by atoms with Crippen molar-refractivity contribution in [1.82, 2.24) is 15.2 Å². The average molecular weight is 423 g/mol.